The molecule has 1 aromatic carbocycles. The van der Waals surface area contributed by atoms with E-state index >= 15 is 0 Å². The van der Waals surface area contributed by atoms with E-state index in [9.17, 15) is 4.39 Å². The van der Waals surface area contributed by atoms with Crippen molar-refractivity contribution in [3.8, 4) is 0 Å². The van der Waals surface area contributed by atoms with E-state index in [1.165, 1.54) is 17.3 Å². The Kier molecular flexibility index (Phi) is 5.43. The molecule has 1 N–H and O–H groups in total. The minimum atomic E-state index is -0.182. The maximum atomic E-state index is 13.6. The molecule has 4 rings (SSSR count). The minimum absolute atomic E-state index is 0. The molecule has 27 heavy (non-hydrogen) atoms. The van der Waals surface area contributed by atoms with Crippen LogP contribution in [0.25, 0.3) is 0 Å². The predicted octanol–water partition coefficient (Wildman–Crippen LogP) is 3.69. The number of hydrogen-bond donors (Lipinski definition) is 1. The molecule has 2 aromatic rings. The van der Waals surface area contributed by atoms with E-state index in [1.54, 1.807) is 12.1 Å². The van der Waals surface area contributed by atoms with E-state index in [0.29, 0.717) is 6.04 Å². The number of benzene rings is 1. The molecule has 0 unspecified atom stereocenters. The number of anilines is 3. The lowest BCUT2D eigenvalue weighted by Crippen LogP contribution is -2.42. The maximum absolute atomic E-state index is 13.6. The SMILES string of the molecule is Cc1cnc(N[C@@H]2CCCN(c3cccc(F)c3)C2)cc1N1CCOCC1.[HH]. The van der Waals surface area contributed by atoms with Crippen LogP contribution >= 0.6 is 0 Å². The van der Waals surface area contributed by atoms with Crippen molar-refractivity contribution in [3.63, 3.8) is 0 Å². The third-order valence-corrected chi connectivity index (χ3v) is 5.37. The van der Waals surface area contributed by atoms with Crippen LogP contribution in [0.4, 0.5) is 21.6 Å². The monoisotopic (exact) mass is 372 g/mol. The molecule has 0 aliphatic carbocycles. The number of rotatable bonds is 4. The Morgan fingerprint density at radius 2 is 2.04 bits per heavy atom. The highest BCUT2D eigenvalue weighted by atomic mass is 19.1. The van der Waals surface area contributed by atoms with Crippen LogP contribution in [-0.4, -0.2) is 50.4 Å². The number of ether oxygens (including phenoxy) is 1. The molecule has 0 radical (unpaired) electrons. The number of hydrogen-bond acceptors (Lipinski definition) is 5. The van der Waals surface area contributed by atoms with E-state index in [2.05, 4.69) is 33.1 Å². The van der Waals surface area contributed by atoms with E-state index < -0.39 is 0 Å². The van der Waals surface area contributed by atoms with Gasteiger partial charge in [-0.15, -0.1) is 0 Å². The molecule has 0 bridgehead atoms. The van der Waals surface area contributed by atoms with Gasteiger partial charge in [0.25, 0.3) is 0 Å². The average molecular weight is 372 g/mol. The fraction of sp³-hybridized carbons (Fsp3) is 0.476. The van der Waals surface area contributed by atoms with Gasteiger partial charge in [0.2, 0.25) is 0 Å². The predicted molar refractivity (Wildman–Crippen MR) is 109 cm³/mol. The molecule has 146 valence electrons. The highest BCUT2D eigenvalue weighted by Gasteiger charge is 2.21. The molecule has 5 nitrogen and oxygen atoms in total. The molecule has 2 aliphatic rings. The Labute approximate surface area is 161 Å². The molecule has 6 heteroatoms. The Balaban J connectivity index is 0.00000225. The summed E-state index contributed by atoms with van der Waals surface area (Å²) in [7, 11) is 0. The van der Waals surface area contributed by atoms with Gasteiger partial charge in [-0.1, -0.05) is 6.07 Å². The number of nitrogens with zero attached hydrogens (tertiary/aromatic N) is 3. The number of piperidine rings is 1. The molecule has 0 saturated carbocycles. The molecule has 0 amide bonds. The van der Waals surface area contributed by atoms with E-state index in [1.807, 2.05) is 12.3 Å². The summed E-state index contributed by atoms with van der Waals surface area (Å²) in [5, 5.41) is 3.60. The van der Waals surface area contributed by atoms with Crippen LogP contribution in [0.3, 0.4) is 0 Å². The zero-order valence-electron chi connectivity index (χ0n) is 15.8. The van der Waals surface area contributed by atoms with Gasteiger partial charge in [0.05, 0.1) is 13.2 Å². The Bertz CT molecular complexity index is 785. The number of morpholine rings is 1. The number of halogens is 1. The van der Waals surface area contributed by atoms with Gasteiger partial charge in [-0.3, -0.25) is 0 Å². The Hall–Kier alpha value is -2.34. The highest BCUT2D eigenvalue weighted by molar-refractivity contribution is 5.59. The molecule has 0 spiro atoms. The fourth-order valence-corrected chi connectivity index (χ4v) is 3.95. The van der Waals surface area contributed by atoms with Crippen molar-refractivity contribution >= 4 is 17.2 Å². The standard InChI is InChI=1S/C21H27FN4O.H2/c1-16-14-23-21(13-20(16)25-8-10-27-11-9-25)24-18-5-3-7-26(15-18)19-6-2-4-17(22)12-19;/h2,4,6,12-14,18H,3,5,7-11,15H2,1H3,(H,23,24);1H/t18-;/m1./s1. The second-order valence-corrected chi connectivity index (χ2v) is 7.36. The van der Waals surface area contributed by atoms with Gasteiger partial charge in [-0.25, -0.2) is 9.37 Å². The van der Waals surface area contributed by atoms with Crippen LogP contribution in [0.1, 0.15) is 19.8 Å². The summed E-state index contributed by atoms with van der Waals surface area (Å²) < 4.78 is 19.0. The molecule has 1 atom stereocenters. The molecule has 2 fully saturated rings. The van der Waals surface area contributed by atoms with E-state index in [4.69, 9.17) is 4.74 Å². The van der Waals surface area contributed by atoms with Crippen LogP contribution in [0, 0.1) is 12.7 Å². The molecule has 1 aromatic heterocycles. The molecule has 3 heterocycles. The van der Waals surface area contributed by atoms with Crippen molar-refractivity contribution in [1.82, 2.24) is 4.98 Å². The summed E-state index contributed by atoms with van der Waals surface area (Å²) in [6, 6.07) is 9.32. The van der Waals surface area contributed by atoms with Crippen molar-refractivity contribution < 1.29 is 10.6 Å². The lowest BCUT2D eigenvalue weighted by molar-refractivity contribution is 0.122. The number of nitrogens with one attached hydrogen (secondary N) is 1. The van der Waals surface area contributed by atoms with Gasteiger partial charge in [-0.05, 0) is 43.5 Å². The van der Waals surface area contributed by atoms with Crippen LogP contribution in [0.15, 0.2) is 36.5 Å². The molecule has 2 aliphatic heterocycles. The highest BCUT2D eigenvalue weighted by Crippen LogP contribution is 2.26. The maximum Gasteiger partial charge on any atom is 0.128 e. The number of aromatic nitrogens is 1. The summed E-state index contributed by atoms with van der Waals surface area (Å²) in [4.78, 5) is 9.21. The normalized spacial score (nSPS) is 20.6. The first-order chi connectivity index (χ1) is 13.2. The first-order valence-corrected chi connectivity index (χ1v) is 9.75. The van der Waals surface area contributed by atoms with E-state index in [0.717, 1.165) is 63.7 Å². The summed E-state index contributed by atoms with van der Waals surface area (Å²) in [6.07, 6.45) is 4.12. The fourth-order valence-electron chi connectivity index (χ4n) is 3.95. The van der Waals surface area contributed by atoms with Crippen LogP contribution in [0.5, 0.6) is 0 Å². The van der Waals surface area contributed by atoms with Crippen molar-refractivity contribution in [3.05, 3.63) is 47.9 Å². The second kappa shape index (κ2) is 8.13. The molecular formula is C21H29FN4O. The third-order valence-electron chi connectivity index (χ3n) is 5.37. The smallest absolute Gasteiger partial charge is 0.128 e. The first kappa shape index (κ1) is 18.0. The quantitative estimate of drug-likeness (QED) is 0.886. The van der Waals surface area contributed by atoms with Gasteiger partial charge >= 0.3 is 0 Å². The van der Waals surface area contributed by atoms with Crippen molar-refractivity contribution in [2.24, 2.45) is 0 Å². The minimum Gasteiger partial charge on any atom is -0.378 e. The van der Waals surface area contributed by atoms with E-state index in [-0.39, 0.29) is 7.24 Å². The Morgan fingerprint density at radius 1 is 1.19 bits per heavy atom. The van der Waals surface area contributed by atoms with Crippen molar-refractivity contribution in [1.29, 1.82) is 0 Å². The summed E-state index contributed by atoms with van der Waals surface area (Å²) in [5.74, 6) is 0.728. The van der Waals surface area contributed by atoms with Gasteiger partial charge in [0, 0.05) is 57.3 Å². The van der Waals surface area contributed by atoms with Crippen LogP contribution in [0.2, 0.25) is 0 Å². The van der Waals surface area contributed by atoms with Gasteiger partial charge < -0.3 is 19.9 Å². The van der Waals surface area contributed by atoms with Crippen LogP contribution < -0.4 is 15.1 Å². The lowest BCUT2D eigenvalue weighted by atomic mass is 10.0. The summed E-state index contributed by atoms with van der Waals surface area (Å²) >= 11 is 0. The number of aryl methyl sites for hydroxylation is 1. The number of pyridine rings is 1. The first-order valence-electron chi connectivity index (χ1n) is 9.75. The molecular weight excluding hydrogens is 343 g/mol. The van der Waals surface area contributed by atoms with Gasteiger partial charge in [0.1, 0.15) is 11.6 Å². The largest absolute Gasteiger partial charge is 0.378 e. The second-order valence-electron chi connectivity index (χ2n) is 7.36. The van der Waals surface area contributed by atoms with Gasteiger partial charge in [-0.2, -0.15) is 0 Å². The molecule has 2 saturated heterocycles. The third kappa shape index (κ3) is 4.33. The summed E-state index contributed by atoms with van der Waals surface area (Å²) in [6.45, 7) is 7.30. The van der Waals surface area contributed by atoms with Crippen molar-refractivity contribution in [2.75, 3.05) is 54.5 Å². The zero-order valence-corrected chi connectivity index (χ0v) is 15.8. The van der Waals surface area contributed by atoms with Gasteiger partial charge in [0.15, 0.2) is 0 Å². The topological polar surface area (TPSA) is 40.6 Å². The summed E-state index contributed by atoms with van der Waals surface area (Å²) in [5.41, 5.74) is 3.37. The van der Waals surface area contributed by atoms with Crippen molar-refractivity contribution in [2.45, 2.75) is 25.8 Å². The lowest BCUT2D eigenvalue weighted by Gasteiger charge is -2.35. The van der Waals surface area contributed by atoms with Crippen LogP contribution in [-0.2, 0) is 4.74 Å². The Morgan fingerprint density at radius 3 is 2.85 bits per heavy atom. The zero-order chi connectivity index (χ0) is 18.6. The average Bonchev–Trinajstić information content (AvgIpc) is 2.70.